The Morgan fingerprint density at radius 2 is 1.94 bits per heavy atom. The SMILES string of the molecule is COC(=O)c1ccc(Cn2cc[nH]c2=O)c(Oc2ccc(-c3nnc(C(C)C)s3)cc2)c1. The second-order valence-electron chi connectivity index (χ2n) is 7.43. The van der Waals surface area contributed by atoms with Crippen molar-refractivity contribution >= 4 is 17.3 Å². The maximum absolute atomic E-state index is 12.0. The predicted molar refractivity (Wildman–Crippen MR) is 121 cm³/mol. The molecule has 4 rings (SSSR count). The fraction of sp³-hybridized carbons (Fsp3) is 0.217. The summed E-state index contributed by atoms with van der Waals surface area (Å²) >= 11 is 1.57. The van der Waals surface area contributed by atoms with Gasteiger partial charge >= 0.3 is 11.7 Å². The van der Waals surface area contributed by atoms with Gasteiger partial charge in [0, 0.05) is 29.4 Å². The molecule has 1 N–H and O–H groups in total. The van der Waals surface area contributed by atoms with Crippen molar-refractivity contribution in [3.05, 3.63) is 81.5 Å². The van der Waals surface area contributed by atoms with E-state index in [0.29, 0.717) is 29.5 Å². The Labute approximate surface area is 188 Å². The molecule has 0 atom stereocenters. The average molecular weight is 451 g/mol. The van der Waals surface area contributed by atoms with Gasteiger partial charge in [-0.1, -0.05) is 31.3 Å². The summed E-state index contributed by atoms with van der Waals surface area (Å²) in [5.41, 5.74) is 1.83. The third-order valence-corrected chi connectivity index (χ3v) is 6.09. The van der Waals surface area contributed by atoms with Crippen molar-refractivity contribution in [2.75, 3.05) is 7.11 Å². The Balaban J connectivity index is 1.62. The molecule has 0 saturated heterocycles. The predicted octanol–water partition coefficient (Wildman–Crippen LogP) is 4.45. The number of nitrogens with zero attached hydrogens (tertiary/aromatic N) is 3. The van der Waals surface area contributed by atoms with Crippen LogP contribution >= 0.6 is 11.3 Å². The van der Waals surface area contributed by atoms with Gasteiger partial charge in [0.05, 0.1) is 19.2 Å². The van der Waals surface area contributed by atoms with E-state index in [-0.39, 0.29) is 5.69 Å². The molecular formula is C23H22N4O4S. The topological polar surface area (TPSA) is 99.1 Å². The summed E-state index contributed by atoms with van der Waals surface area (Å²) in [6.07, 6.45) is 3.23. The number of ether oxygens (including phenoxy) is 2. The summed E-state index contributed by atoms with van der Waals surface area (Å²) in [7, 11) is 1.33. The molecule has 4 aromatic rings. The molecule has 0 aliphatic rings. The molecule has 0 aliphatic carbocycles. The number of methoxy groups -OCH3 is 1. The highest BCUT2D eigenvalue weighted by atomic mass is 32.1. The smallest absolute Gasteiger partial charge is 0.337 e. The lowest BCUT2D eigenvalue weighted by atomic mass is 10.1. The van der Waals surface area contributed by atoms with E-state index in [9.17, 15) is 9.59 Å². The maximum atomic E-state index is 12.0. The number of aromatic amines is 1. The van der Waals surface area contributed by atoms with Crippen molar-refractivity contribution in [1.82, 2.24) is 19.7 Å². The van der Waals surface area contributed by atoms with E-state index in [1.807, 2.05) is 24.3 Å². The fourth-order valence-electron chi connectivity index (χ4n) is 3.06. The van der Waals surface area contributed by atoms with Crippen LogP contribution in [0.2, 0.25) is 0 Å². The summed E-state index contributed by atoms with van der Waals surface area (Å²) in [5.74, 6) is 0.920. The lowest BCUT2D eigenvalue weighted by molar-refractivity contribution is 0.0600. The number of hydrogen-bond donors (Lipinski definition) is 1. The van der Waals surface area contributed by atoms with Gasteiger partial charge in [-0.25, -0.2) is 9.59 Å². The molecule has 32 heavy (non-hydrogen) atoms. The molecular weight excluding hydrogens is 428 g/mol. The minimum atomic E-state index is -0.465. The van der Waals surface area contributed by atoms with Gasteiger partial charge in [-0.05, 0) is 36.4 Å². The molecule has 164 valence electrons. The van der Waals surface area contributed by atoms with Crippen molar-refractivity contribution < 1.29 is 14.3 Å². The summed E-state index contributed by atoms with van der Waals surface area (Å²) in [6, 6.07) is 12.5. The first-order chi connectivity index (χ1) is 15.4. The molecule has 8 nitrogen and oxygen atoms in total. The lowest BCUT2D eigenvalue weighted by Crippen LogP contribution is -2.17. The van der Waals surface area contributed by atoms with Gasteiger partial charge in [0.15, 0.2) is 0 Å². The van der Waals surface area contributed by atoms with Crippen LogP contribution in [-0.2, 0) is 11.3 Å². The molecule has 9 heteroatoms. The zero-order valence-corrected chi connectivity index (χ0v) is 18.7. The first kappa shape index (κ1) is 21.5. The van der Waals surface area contributed by atoms with Crippen LogP contribution in [0.15, 0.2) is 59.7 Å². The molecule has 2 aromatic carbocycles. The normalized spacial score (nSPS) is 11.0. The third-order valence-electron chi connectivity index (χ3n) is 4.81. The van der Waals surface area contributed by atoms with Crippen LogP contribution in [0.1, 0.15) is 40.7 Å². The first-order valence-electron chi connectivity index (χ1n) is 10.0. The zero-order valence-electron chi connectivity index (χ0n) is 17.9. The number of hydrogen-bond acceptors (Lipinski definition) is 7. The number of aromatic nitrogens is 4. The molecule has 0 spiro atoms. The van der Waals surface area contributed by atoms with Crippen LogP contribution < -0.4 is 10.4 Å². The molecule has 0 amide bonds. The molecule has 0 radical (unpaired) electrons. The number of esters is 1. The van der Waals surface area contributed by atoms with Gasteiger partial charge in [-0.2, -0.15) is 0 Å². The Morgan fingerprint density at radius 3 is 2.56 bits per heavy atom. The highest BCUT2D eigenvalue weighted by molar-refractivity contribution is 7.14. The van der Waals surface area contributed by atoms with Crippen molar-refractivity contribution in [3.8, 4) is 22.1 Å². The number of H-pyrrole nitrogens is 1. The van der Waals surface area contributed by atoms with Crippen LogP contribution in [0, 0.1) is 0 Å². The van der Waals surface area contributed by atoms with Gasteiger partial charge in [0.1, 0.15) is 21.5 Å². The molecule has 0 aliphatic heterocycles. The first-order valence-corrected chi connectivity index (χ1v) is 10.8. The number of imidazole rings is 1. The molecule has 0 bridgehead atoms. The van der Waals surface area contributed by atoms with Crippen molar-refractivity contribution in [2.45, 2.75) is 26.3 Å². The zero-order chi connectivity index (χ0) is 22.7. The molecule has 2 heterocycles. The molecule has 0 saturated carbocycles. The highest BCUT2D eigenvalue weighted by Crippen LogP contribution is 2.31. The molecule has 0 unspecified atom stereocenters. The summed E-state index contributed by atoms with van der Waals surface area (Å²) in [6.45, 7) is 4.46. The second kappa shape index (κ2) is 9.19. The minimum absolute atomic E-state index is 0.227. The van der Waals surface area contributed by atoms with E-state index >= 15 is 0 Å². The number of rotatable bonds is 7. The maximum Gasteiger partial charge on any atom is 0.337 e. The van der Waals surface area contributed by atoms with E-state index in [1.165, 1.54) is 11.7 Å². The summed E-state index contributed by atoms with van der Waals surface area (Å²) in [5, 5.41) is 10.3. The largest absolute Gasteiger partial charge is 0.465 e. The van der Waals surface area contributed by atoms with Crippen LogP contribution in [0.4, 0.5) is 0 Å². The van der Waals surface area contributed by atoms with Gasteiger partial charge < -0.3 is 14.5 Å². The fourth-order valence-corrected chi connectivity index (χ4v) is 3.91. The quantitative estimate of drug-likeness (QED) is 0.418. The van der Waals surface area contributed by atoms with E-state index < -0.39 is 5.97 Å². The van der Waals surface area contributed by atoms with Gasteiger partial charge in [0.2, 0.25) is 0 Å². The average Bonchev–Trinajstić information content (AvgIpc) is 3.44. The Kier molecular flexibility index (Phi) is 6.18. The Hall–Kier alpha value is -3.72. The van der Waals surface area contributed by atoms with Crippen molar-refractivity contribution in [1.29, 1.82) is 0 Å². The number of carbonyl (C=O) groups is 1. The van der Waals surface area contributed by atoms with Crippen LogP contribution in [0.5, 0.6) is 11.5 Å². The van der Waals surface area contributed by atoms with Crippen LogP contribution in [0.3, 0.4) is 0 Å². The van der Waals surface area contributed by atoms with Gasteiger partial charge in [-0.15, -0.1) is 10.2 Å². The van der Waals surface area contributed by atoms with Crippen molar-refractivity contribution in [2.24, 2.45) is 0 Å². The minimum Gasteiger partial charge on any atom is -0.465 e. The molecule has 2 aromatic heterocycles. The summed E-state index contributed by atoms with van der Waals surface area (Å²) in [4.78, 5) is 26.5. The monoisotopic (exact) mass is 450 g/mol. The van der Waals surface area contributed by atoms with E-state index in [2.05, 4.69) is 29.0 Å². The van der Waals surface area contributed by atoms with Gasteiger partial charge in [-0.3, -0.25) is 4.57 Å². The van der Waals surface area contributed by atoms with Crippen LogP contribution in [-0.4, -0.2) is 32.8 Å². The highest BCUT2D eigenvalue weighted by Gasteiger charge is 2.14. The van der Waals surface area contributed by atoms with E-state index in [1.54, 1.807) is 41.9 Å². The van der Waals surface area contributed by atoms with E-state index in [4.69, 9.17) is 9.47 Å². The standard InChI is InChI=1S/C23H22N4O4S/c1-14(2)20-25-26-21(32-20)15-6-8-18(9-7-15)31-19-12-16(22(28)30-3)4-5-17(19)13-27-11-10-24-23(27)29/h4-12,14H,13H2,1-3H3,(H,24,29). The summed E-state index contributed by atoms with van der Waals surface area (Å²) < 4.78 is 12.4. The Bertz CT molecular complexity index is 1290. The van der Waals surface area contributed by atoms with E-state index in [0.717, 1.165) is 21.1 Å². The number of benzene rings is 2. The van der Waals surface area contributed by atoms with Crippen molar-refractivity contribution in [3.63, 3.8) is 0 Å². The van der Waals surface area contributed by atoms with Gasteiger partial charge in [0.25, 0.3) is 0 Å². The second-order valence-corrected chi connectivity index (χ2v) is 8.44. The lowest BCUT2D eigenvalue weighted by Gasteiger charge is -2.13. The Morgan fingerprint density at radius 1 is 1.16 bits per heavy atom. The number of nitrogens with one attached hydrogen (secondary N) is 1. The van der Waals surface area contributed by atoms with Crippen LogP contribution in [0.25, 0.3) is 10.6 Å². The molecule has 0 fully saturated rings. The third kappa shape index (κ3) is 4.62. The number of carbonyl (C=O) groups excluding carboxylic acids is 1.